The monoisotopic (exact) mass is 252 g/mol. The lowest BCUT2D eigenvalue weighted by molar-refractivity contribution is -0.119. The molecule has 4 saturated carbocycles. The second kappa shape index (κ2) is 4.29. The number of carbonyl (C=O) groups is 1. The van der Waals surface area contributed by atoms with Gasteiger partial charge >= 0.3 is 0 Å². The first kappa shape index (κ1) is 12.1. The Bertz CT molecular complexity index is 286. The van der Waals surface area contributed by atoms with Gasteiger partial charge in [-0.05, 0) is 61.7 Å². The van der Waals surface area contributed by atoms with Gasteiger partial charge in [0.1, 0.15) is 0 Å². The second-order valence-corrected chi connectivity index (χ2v) is 8.77. The first-order chi connectivity index (χ1) is 8.05. The first-order valence-electron chi connectivity index (χ1n) is 7.24. The summed E-state index contributed by atoms with van der Waals surface area (Å²) in [6, 6.07) is 0. The summed E-state index contributed by atoms with van der Waals surface area (Å²) in [6.07, 6.45) is 9.40. The summed E-state index contributed by atoms with van der Waals surface area (Å²) in [5.74, 6) is 2.91. The molecule has 4 rings (SSSR count). The highest BCUT2D eigenvalue weighted by Gasteiger charge is 2.51. The Kier molecular flexibility index (Phi) is 3.05. The van der Waals surface area contributed by atoms with Crippen LogP contribution >= 0.6 is 11.8 Å². The zero-order valence-electron chi connectivity index (χ0n) is 11.1. The third kappa shape index (κ3) is 2.43. The molecule has 0 atom stereocenters. The van der Waals surface area contributed by atoms with Gasteiger partial charge in [-0.3, -0.25) is 4.79 Å². The minimum atomic E-state index is 0.438. The Morgan fingerprint density at radius 3 is 2.00 bits per heavy atom. The van der Waals surface area contributed by atoms with Crippen molar-refractivity contribution < 1.29 is 4.79 Å². The van der Waals surface area contributed by atoms with E-state index in [0.717, 1.165) is 24.2 Å². The van der Waals surface area contributed by atoms with E-state index in [0.29, 0.717) is 15.8 Å². The predicted octanol–water partition coefficient (Wildman–Crippen LogP) is 4.26. The van der Waals surface area contributed by atoms with Crippen molar-refractivity contribution in [1.82, 2.24) is 0 Å². The van der Waals surface area contributed by atoms with E-state index in [2.05, 4.69) is 13.8 Å². The molecule has 0 unspecified atom stereocenters. The summed E-state index contributed by atoms with van der Waals surface area (Å²) in [5, 5.41) is 0.915. The number of hydrogen-bond acceptors (Lipinski definition) is 2. The highest BCUT2D eigenvalue weighted by Crippen LogP contribution is 2.61. The molecule has 0 N–H and O–H groups in total. The van der Waals surface area contributed by atoms with Crippen molar-refractivity contribution in [3.05, 3.63) is 0 Å². The molecule has 0 aromatic heterocycles. The van der Waals surface area contributed by atoms with Crippen molar-refractivity contribution in [2.24, 2.45) is 23.2 Å². The van der Waals surface area contributed by atoms with E-state index in [1.54, 1.807) is 11.8 Å². The van der Waals surface area contributed by atoms with Crippen LogP contribution in [0.4, 0.5) is 0 Å². The van der Waals surface area contributed by atoms with Crippen LogP contribution in [0.25, 0.3) is 0 Å². The average molecular weight is 252 g/mol. The Morgan fingerprint density at radius 1 is 1.12 bits per heavy atom. The molecule has 4 fully saturated rings. The number of rotatable bonds is 3. The van der Waals surface area contributed by atoms with Gasteiger partial charge in [0.2, 0.25) is 0 Å². The molecule has 0 amide bonds. The summed E-state index contributed by atoms with van der Waals surface area (Å²) in [4.78, 5) is 12.1. The van der Waals surface area contributed by atoms with Crippen LogP contribution in [0.3, 0.4) is 0 Å². The smallest absolute Gasteiger partial charge is 0.189 e. The summed E-state index contributed by atoms with van der Waals surface area (Å²) in [5.41, 5.74) is 0.438. The van der Waals surface area contributed by atoms with Gasteiger partial charge < -0.3 is 0 Å². The van der Waals surface area contributed by atoms with Crippen LogP contribution in [0.15, 0.2) is 0 Å². The third-order valence-electron chi connectivity index (χ3n) is 5.05. The number of thioether (sulfide) groups is 1. The van der Waals surface area contributed by atoms with Gasteiger partial charge in [-0.15, -0.1) is 0 Å². The Labute approximate surface area is 109 Å². The molecular weight excluding hydrogens is 228 g/mol. The highest BCUT2D eigenvalue weighted by molar-refractivity contribution is 8.14. The number of carbonyl (C=O) groups excluding carboxylic acids is 1. The predicted molar refractivity (Wildman–Crippen MR) is 73.0 cm³/mol. The zero-order valence-corrected chi connectivity index (χ0v) is 11.9. The van der Waals surface area contributed by atoms with E-state index in [1.807, 2.05) is 0 Å². The van der Waals surface area contributed by atoms with E-state index in [1.165, 1.54) is 38.5 Å². The van der Waals surface area contributed by atoms with Gasteiger partial charge in [0.05, 0.1) is 0 Å². The third-order valence-corrected chi connectivity index (χ3v) is 5.93. The molecule has 17 heavy (non-hydrogen) atoms. The van der Waals surface area contributed by atoms with Crippen LogP contribution in [0, 0.1) is 23.2 Å². The lowest BCUT2D eigenvalue weighted by Crippen LogP contribution is -2.46. The number of hydrogen-bond donors (Lipinski definition) is 0. The van der Waals surface area contributed by atoms with Crippen molar-refractivity contribution in [3.63, 3.8) is 0 Å². The standard InChI is InChI=1S/C15H24OS/c1-10(2)17-14(16)9-15-6-11-3-12(7-15)5-13(4-11)8-15/h10-13H,3-9H2,1-2H3. The van der Waals surface area contributed by atoms with Gasteiger partial charge in [-0.2, -0.15) is 0 Å². The van der Waals surface area contributed by atoms with Crippen molar-refractivity contribution in [2.75, 3.05) is 0 Å². The van der Waals surface area contributed by atoms with E-state index in [4.69, 9.17) is 0 Å². The van der Waals surface area contributed by atoms with E-state index in [-0.39, 0.29) is 0 Å². The van der Waals surface area contributed by atoms with Crippen molar-refractivity contribution >= 4 is 16.9 Å². The normalized spacial score (nSPS) is 43.4. The summed E-state index contributed by atoms with van der Waals surface area (Å²) in [6.45, 7) is 4.25. The van der Waals surface area contributed by atoms with Gasteiger partial charge in [0.25, 0.3) is 0 Å². The maximum Gasteiger partial charge on any atom is 0.189 e. The fraction of sp³-hybridized carbons (Fsp3) is 0.933. The van der Waals surface area contributed by atoms with E-state index < -0.39 is 0 Å². The Hall–Kier alpha value is 0.0200. The van der Waals surface area contributed by atoms with Crippen molar-refractivity contribution in [1.29, 1.82) is 0 Å². The Morgan fingerprint density at radius 2 is 1.59 bits per heavy atom. The molecule has 0 heterocycles. The lowest BCUT2D eigenvalue weighted by Gasteiger charge is -2.56. The van der Waals surface area contributed by atoms with Crippen molar-refractivity contribution in [3.8, 4) is 0 Å². The second-order valence-electron chi connectivity index (χ2n) is 7.13. The SMILES string of the molecule is CC(C)SC(=O)CC12CC3CC(CC(C3)C1)C2. The molecular formula is C15H24OS. The van der Waals surface area contributed by atoms with E-state index >= 15 is 0 Å². The van der Waals surface area contributed by atoms with Crippen LogP contribution in [-0.2, 0) is 4.79 Å². The molecule has 4 bridgehead atoms. The fourth-order valence-electron chi connectivity index (χ4n) is 5.12. The van der Waals surface area contributed by atoms with Crippen LogP contribution in [0.1, 0.15) is 58.8 Å². The lowest BCUT2D eigenvalue weighted by atomic mass is 9.49. The molecule has 1 nitrogen and oxygen atoms in total. The van der Waals surface area contributed by atoms with E-state index in [9.17, 15) is 4.79 Å². The van der Waals surface area contributed by atoms with Crippen LogP contribution in [-0.4, -0.2) is 10.4 Å². The van der Waals surface area contributed by atoms with Gasteiger partial charge in [-0.25, -0.2) is 0 Å². The zero-order chi connectivity index (χ0) is 12.0. The maximum absolute atomic E-state index is 12.1. The van der Waals surface area contributed by atoms with Crippen LogP contribution < -0.4 is 0 Å². The average Bonchev–Trinajstić information content (AvgIpc) is 2.11. The van der Waals surface area contributed by atoms with Gasteiger partial charge in [0, 0.05) is 11.7 Å². The quantitative estimate of drug-likeness (QED) is 0.746. The van der Waals surface area contributed by atoms with Gasteiger partial charge in [0.15, 0.2) is 5.12 Å². The topological polar surface area (TPSA) is 17.1 Å². The molecule has 96 valence electrons. The molecule has 2 heteroatoms. The summed E-state index contributed by atoms with van der Waals surface area (Å²) < 4.78 is 0. The molecule has 0 saturated heterocycles. The molecule has 0 aromatic carbocycles. The fourth-order valence-corrected chi connectivity index (χ4v) is 6.03. The molecule has 0 radical (unpaired) electrons. The van der Waals surface area contributed by atoms with Crippen LogP contribution in [0.2, 0.25) is 0 Å². The molecule has 0 spiro atoms. The van der Waals surface area contributed by atoms with Crippen LogP contribution in [0.5, 0.6) is 0 Å². The highest BCUT2D eigenvalue weighted by atomic mass is 32.2. The molecule has 4 aliphatic rings. The molecule has 0 aromatic rings. The first-order valence-corrected chi connectivity index (χ1v) is 8.12. The molecule has 0 aliphatic heterocycles. The molecule has 4 aliphatic carbocycles. The maximum atomic E-state index is 12.1. The van der Waals surface area contributed by atoms with Crippen molar-refractivity contribution in [2.45, 2.75) is 64.0 Å². The summed E-state index contributed by atoms with van der Waals surface area (Å²) >= 11 is 1.56. The summed E-state index contributed by atoms with van der Waals surface area (Å²) in [7, 11) is 0. The Balaban J connectivity index is 1.68. The largest absolute Gasteiger partial charge is 0.287 e. The van der Waals surface area contributed by atoms with Gasteiger partial charge in [-0.1, -0.05) is 25.6 Å². The minimum Gasteiger partial charge on any atom is -0.287 e. The minimum absolute atomic E-state index is 0.438.